The molecule has 0 aromatic carbocycles. The predicted octanol–water partition coefficient (Wildman–Crippen LogP) is 1.13. The van der Waals surface area contributed by atoms with E-state index in [2.05, 4.69) is 18.1 Å². The van der Waals surface area contributed by atoms with Crippen LogP contribution in [0.25, 0.3) is 0 Å². The van der Waals surface area contributed by atoms with E-state index in [1.54, 1.807) is 0 Å². The molecule has 0 amide bonds. The maximum absolute atomic E-state index is 5.30. The Bertz CT molecular complexity index is 128. The van der Waals surface area contributed by atoms with Gasteiger partial charge in [0, 0.05) is 19.6 Å². The molecule has 62 valence electrons. The Balaban J connectivity index is 3.76. The van der Waals surface area contributed by atoms with Crippen LogP contribution in [-0.4, -0.2) is 24.5 Å². The molecule has 0 spiro atoms. The van der Waals surface area contributed by atoms with Crippen LogP contribution < -0.4 is 5.73 Å². The van der Waals surface area contributed by atoms with Crippen LogP contribution in [0.2, 0.25) is 0 Å². The third-order valence-corrected chi connectivity index (χ3v) is 1.18. The standard InChI is InChI=1S/C9H16N2/c1-3-7-11(8-4-2)9-5-6-10/h3-5,9H,1-2,6-8,10H2. The van der Waals surface area contributed by atoms with Gasteiger partial charge in [-0.1, -0.05) is 18.2 Å². The molecule has 0 aromatic heterocycles. The van der Waals surface area contributed by atoms with E-state index >= 15 is 0 Å². The predicted molar refractivity (Wildman–Crippen MR) is 50.2 cm³/mol. The lowest BCUT2D eigenvalue weighted by molar-refractivity contribution is 0.461. The first-order chi connectivity index (χ1) is 5.35. The van der Waals surface area contributed by atoms with Crippen molar-refractivity contribution >= 4 is 0 Å². The van der Waals surface area contributed by atoms with Gasteiger partial charge in [-0.05, 0) is 6.20 Å². The molecule has 0 atom stereocenters. The second-order valence-corrected chi connectivity index (χ2v) is 2.15. The van der Waals surface area contributed by atoms with Crippen molar-refractivity contribution in [2.24, 2.45) is 5.73 Å². The first-order valence-electron chi connectivity index (χ1n) is 3.67. The molecule has 2 heteroatoms. The Labute approximate surface area is 68.7 Å². The van der Waals surface area contributed by atoms with Crippen molar-refractivity contribution in [3.63, 3.8) is 0 Å². The minimum atomic E-state index is 0.574. The van der Waals surface area contributed by atoms with Crippen LogP contribution in [0.1, 0.15) is 0 Å². The summed E-state index contributed by atoms with van der Waals surface area (Å²) in [6.45, 7) is 9.55. The van der Waals surface area contributed by atoms with Crippen molar-refractivity contribution in [2.75, 3.05) is 19.6 Å². The van der Waals surface area contributed by atoms with Gasteiger partial charge in [-0.2, -0.15) is 0 Å². The van der Waals surface area contributed by atoms with Crippen molar-refractivity contribution < 1.29 is 0 Å². The molecule has 0 radical (unpaired) electrons. The molecule has 0 bridgehead atoms. The van der Waals surface area contributed by atoms with E-state index in [4.69, 9.17) is 5.73 Å². The Morgan fingerprint density at radius 2 is 1.73 bits per heavy atom. The van der Waals surface area contributed by atoms with Gasteiger partial charge in [-0.15, -0.1) is 13.2 Å². The number of hydrogen-bond donors (Lipinski definition) is 1. The van der Waals surface area contributed by atoms with Gasteiger partial charge in [0.25, 0.3) is 0 Å². The third-order valence-electron chi connectivity index (χ3n) is 1.18. The van der Waals surface area contributed by atoms with E-state index in [1.165, 1.54) is 0 Å². The molecular formula is C9H16N2. The molecule has 0 saturated carbocycles. The van der Waals surface area contributed by atoms with E-state index in [9.17, 15) is 0 Å². The molecule has 0 rings (SSSR count). The highest BCUT2D eigenvalue weighted by Crippen LogP contribution is 1.89. The molecule has 0 aliphatic carbocycles. The summed E-state index contributed by atoms with van der Waals surface area (Å²) in [5.41, 5.74) is 5.30. The Morgan fingerprint density at radius 1 is 1.18 bits per heavy atom. The second-order valence-electron chi connectivity index (χ2n) is 2.15. The van der Waals surface area contributed by atoms with Crippen LogP contribution in [0.3, 0.4) is 0 Å². The van der Waals surface area contributed by atoms with Crippen LogP contribution in [0.5, 0.6) is 0 Å². The highest BCUT2D eigenvalue weighted by molar-refractivity contribution is 4.90. The van der Waals surface area contributed by atoms with Crippen LogP contribution in [0.15, 0.2) is 37.6 Å². The first-order valence-corrected chi connectivity index (χ1v) is 3.67. The highest BCUT2D eigenvalue weighted by Gasteiger charge is 1.89. The normalized spacial score (nSPS) is 9.91. The molecule has 11 heavy (non-hydrogen) atoms. The summed E-state index contributed by atoms with van der Waals surface area (Å²) in [7, 11) is 0. The van der Waals surface area contributed by atoms with Crippen molar-refractivity contribution in [3.8, 4) is 0 Å². The number of hydrogen-bond acceptors (Lipinski definition) is 2. The molecule has 2 N–H and O–H groups in total. The molecule has 0 aromatic rings. The van der Waals surface area contributed by atoms with Gasteiger partial charge < -0.3 is 10.6 Å². The minimum Gasteiger partial charge on any atom is -0.370 e. The summed E-state index contributed by atoms with van der Waals surface area (Å²) in [4.78, 5) is 2.08. The molecule has 0 saturated heterocycles. The summed E-state index contributed by atoms with van der Waals surface area (Å²) in [5, 5.41) is 0. The van der Waals surface area contributed by atoms with Gasteiger partial charge in [0.1, 0.15) is 0 Å². The maximum Gasteiger partial charge on any atom is 0.0354 e. The maximum atomic E-state index is 5.30. The van der Waals surface area contributed by atoms with Crippen LogP contribution in [-0.2, 0) is 0 Å². The fourth-order valence-corrected chi connectivity index (χ4v) is 0.738. The Kier molecular flexibility index (Phi) is 6.43. The van der Waals surface area contributed by atoms with E-state index in [0.29, 0.717) is 6.54 Å². The van der Waals surface area contributed by atoms with E-state index in [0.717, 1.165) is 13.1 Å². The SMILES string of the molecule is C=CCN(C=CCN)CC=C. The van der Waals surface area contributed by atoms with Gasteiger partial charge >= 0.3 is 0 Å². The monoisotopic (exact) mass is 152 g/mol. The largest absolute Gasteiger partial charge is 0.370 e. The zero-order chi connectivity index (χ0) is 8.53. The molecular weight excluding hydrogens is 136 g/mol. The summed E-state index contributed by atoms with van der Waals surface area (Å²) in [6, 6.07) is 0. The first kappa shape index (κ1) is 9.98. The Morgan fingerprint density at radius 3 is 2.09 bits per heavy atom. The van der Waals surface area contributed by atoms with Crippen molar-refractivity contribution in [1.82, 2.24) is 4.90 Å². The van der Waals surface area contributed by atoms with Crippen molar-refractivity contribution in [3.05, 3.63) is 37.6 Å². The number of nitrogens with zero attached hydrogens (tertiary/aromatic N) is 1. The van der Waals surface area contributed by atoms with E-state index < -0.39 is 0 Å². The number of rotatable bonds is 6. The fraction of sp³-hybridized carbons (Fsp3) is 0.333. The average Bonchev–Trinajstić information content (AvgIpc) is 2.01. The summed E-state index contributed by atoms with van der Waals surface area (Å²) in [6.07, 6.45) is 7.57. The van der Waals surface area contributed by atoms with Gasteiger partial charge in [0.15, 0.2) is 0 Å². The van der Waals surface area contributed by atoms with E-state index in [-0.39, 0.29) is 0 Å². The van der Waals surface area contributed by atoms with Gasteiger partial charge in [0.2, 0.25) is 0 Å². The average molecular weight is 152 g/mol. The summed E-state index contributed by atoms with van der Waals surface area (Å²) >= 11 is 0. The lowest BCUT2D eigenvalue weighted by Crippen LogP contribution is -2.17. The summed E-state index contributed by atoms with van der Waals surface area (Å²) < 4.78 is 0. The number of nitrogens with two attached hydrogens (primary N) is 1. The molecule has 0 fully saturated rings. The zero-order valence-electron chi connectivity index (χ0n) is 6.87. The van der Waals surface area contributed by atoms with Gasteiger partial charge in [-0.25, -0.2) is 0 Å². The molecule has 0 aliphatic rings. The highest BCUT2D eigenvalue weighted by atomic mass is 15.1. The molecule has 0 unspecified atom stereocenters. The van der Waals surface area contributed by atoms with Crippen LogP contribution >= 0.6 is 0 Å². The second kappa shape index (κ2) is 7.09. The third kappa shape index (κ3) is 5.43. The molecule has 0 heterocycles. The van der Waals surface area contributed by atoms with Crippen LogP contribution in [0.4, 0.5) is 0 Å². The lowest BCUT2D eigenvalue weighted by Gasteiger charge is -2.15. The van der Waals surface area contributed by atoms with Crippen LogP contribution in [0, 0.1) is 0 Å². The van der Waals surface area contributed by atoms with E-state index in [1.807, 2.05) is 24.4 Å². The lowest BCUT2D eigenvalue weighted by atomic mass is 10.4. The van der Waals surface area contributed by atoms with Gasteiger partial charge in [0.05, 0.1) is 0 Å². The topological polar surface area (TPSA) is 29.3 Å². The van der Waals surface area contributed by atoms with Crippen molar-refractivity contribution in [2.45, 2.75) is 0 Å². The summed E-state index contributed by atoms with van der Waals surface area (Å²) in [5.74, 6) is 0. The molecule has 2 nitrogen and oxygen atoms in total. The van der Waals surface area contributed by atoms with Gasteiger partial charge in [-0.3, -0.25) is 0 Å². The smallest absolute Gasteiger partial charge is 0.0354 e. The quantitative estimate of drug-likeness (QED) is 0.578. The molecule has 0 aliphatic heterocycles. The fourth-order valence-electron chi connectivity index (χ4n) is 0.738. The Hall–Kier alpha value is -1.02. The zero-order valence-corrected chi connectivity index (χ0v) is 6.87. The van der Waals surface area contributed by atoms with Crippen molar-refractivity contribution in [1.29, 1.82) is 0 Å². The minimum absolute atomic E-state index is 0.574.